The van der Waals surface area contributed by atoms with Crippen molar-refractivity contribution in [2.75, 3.05) is 13.1 Å². The third-order valence-corrected chi connectivity index (χ3v) is 5.55. The molecule has 0 bridgehead atoms. The molecule has 24 heavy (non-hydrogen) atoms. The maximum absolute atomic E-state index is 12.8. The second-order valence-corrected chi connectivity index (χ2v) is 7.04. The van der Waals surface area contributed by atoms with Crippen LogP contribution in [0.3, 0.4) is 0 Å². The van der Waals surface area contributed by atoms with Crippen molar-refractivity contribution in [3.8, 4) is 0 Å². The van der Waals surface area contributed by atoms with Gasteiger partial charge >= 0.3 is 6.03 Å². The van der Waals surface area contributed by atoms with Crippen LogP contribution in [0.15, 0.2) is 30.3 Å². The highest BCUT2D eigenvalue weighted by Gasteiger charge is 2.59. The van der Waals surface area contributed by atoms with Crippen LogP contribution in [0.1, 0.15) is 31.7 Å². The number of imide groups is 1. The van der Waals surface area contributed by atoms with E-state index in [-0.39, 0.29) is 17.8 Å². The lowest BCUT2D eigenvalue weighted by molar-refractivity contribution is -0.140. The molecule has 3 fully saturated rings. The molecule has 3 aliphatic rings. The summed E-state index contributed by atoms with van der Waals surface area (Å²) in [6.07, 6.45) is 2.05. The highest BCUT2D eigenvalue weighted by Crippen LogP contribution is 2.39. The van der Waals surface area contributed by atoms with Crippen molar-refractivity contribution in [1.29, 1.82) is 0 Å². The number of urea groups is 1. The van der Waals surface area contributed by atoms with Gasteiger partial charge in [0.1, 0.15) is 11.6 Å². The molecule has 0 aromatic heterocycles. The van der Waals surface area contributed by atoms with Crippen LogP contribution in [0.5, 0.6) is 0 Å². The van der Waals surface area contributed by atoms with Crippen molar-refractivity contribution in [2.24, 2.45) is 0 Å². The standard InChI is InChI=1S/C18H21N3O3/c1-18-9-5-10-20(18)17(24)21(16(18)23)14-8-11-19(15(14)22)12-13-6-3-2-4-7-13/h2-4,6-7,14H,5,8-12H2,1H3. The summed E-state index contributed by atoms with van der Waals surface area (Å²) >= 11 is 0. The Morgan fingerprint density at radius 2 is 1.88 bits per heavy atom. The fourth-order valence-corrected chi connectivity index (χ4v) is 4.17. The lowest BCUT2D eigenvalue weighted by Gasteiger charge is -2.23. The highest BCUT2D eigenvalue weighted by atomic mass is 16.2. The largest absolute Gasteiger partial charge is 0.336 e. The van der Waals surface area contributed by atoms with Crippen molar-refractivity contribution in [3.63, 3.8) is 0 Å². The molecule has 1 aromatic carbocycles. The molecule has 3 saturated heterocycles. The van der Waals surface area contributed by atoms with Crippen molar-refractivity contribution in [3.05, 3.63) is 35.9 Å². The lowest BCUT2D eigenvalue weighted by atomic mass is 9.99. The van der Waals surface area contributed by atoms with E-state index < -0.39 is 11.6 Å². The quantitative estimate of drug-likeness (QED) is 0.792. The molecule has 0 spiro atoms. The number of benzene rings is 1. The van der Waals surface area contributed by atoms with E-state index in [0.717, 1.165) is 12.0 Å². The molecule has 126 valence electrons. The summed E-state index contributed by atoms with van der Waals surface area (Å²) in [7, 11) is 0. The molecule has 2 atom stereocenters. The van der Waals surface area contributed by atoms with Crippen LogP contribution in [0.2, 0.25) is 0 Å². The number of rotatable bonds is 3. The van der Waals surface area contributed by atoms with Crippen LogP contribution < -0.4 is 0 Å². The number of likely N-dealkylation sites (tertiary alicyclic amines) is 1. The van der Waals surface area contributed by atoms with Gasteiger partial charge < -0.3 is 9.80 Å². The smallest absolute Gasteiger partial charge is 0.328 e. The van der Waals surface area contributed by atoms with Crippen LogP contribution in [-0.4, -0.2) is 57.2 Å². The zero-order valence-corrected chi connectivity index (χ0v) is 13.8. The zero-order chi connectivity index (χ0) is 16.9. The van der Waals surface area contributed by atoms with Gasteiger partial charge in [0.25, 0.3) is 5.91 Å². The number of hydrogen-bond acceptors (Lipinski definition) is 3. The summed E-state index contributed by atoms with van der Waals surface area (Å²) in [5.41, 5.74) is 0.308. The number of fused-ring (bicyclic) bond motifs is 1. The minimum absolute atomic E-state index is 0.120. The maximum Gasteiger partial charge on any atom is 0.328 e. The van der Waals surface area contributed by atoms with Crippen molar-refractivity contribution in [1.82, 2.24) is 14.7 Å². The van der Waals surface area contributed by atoms with E-state index in [1.165, 1.54) is 4.90 Å². The number of carbonyl (C=O) groups excluding carboxylic acids is 3. The average Bonchev–Trinajstić information content (AvgIpc) is 3.18. The molecular formula is C18H21N3O3. The van der Waals surface area contributed by atoms with E-state index in [0.29, 0.717) is 32.5 Å². The second kappa shape index (κ2) is 5.33. The molecule has 1 aromatic rings. The average molecular weight is 327 g/mol. The summed E-state index contributed by atoms with van der Waals surface area (Å²) in [5, 5.41) is 0. The molecule has 0 radical (unpaired) electrons. The molecule has 4 amide bonds. The number of amides is 4. The molecule has 3 aliphatic heterocycles. The molecule has 4 rings (SSSR count). The predicted octanol–water partition coefficient (Wildman–Crippen LogP) is 1.60. The van der Waals surface area contributed by atoms with Crippen LogP contribution in [0.4, 0.5) is 4.79 Å². The molecule has 3 heterocycles. The number of carbonyl (C=O) groups is 3. The van der Waals surface area contributed by atoms with Crippen LogP contribution in [0, 0.1) is 0 Å². The van der Waals surface area contributed by atoms with E-state index in [2.05, 4.69) is 0 Å². The minimum atomic E-state index is -0.746. The van der Waals surface area contributed by atoms with E-state index in [9.17, 15) is 14.4 Å². The first-order valence-electron chi connectivity index (χ1n) is 8.50. The van der Waals surface area contributed by atoms with E-state index in [1.54, 1.807) is 9.80 Å². The van der Waals surface area contributed by atoms with E-state index in [1.807, 2.05) is 37.3 Å². The molecule has 0 aliphatic carbocycles. The lowest BCUT2D eigenvalue weighted by Crippen LogP contribution is -2.47. The molecule has 0 N–H and O–H groups in total. The van der Waals surface area contributed by atoms with Crippen molar-refractivity contribution < 1.29 is 14.4 Å². The highest BCUT2D eigenvalue weighted by molar-refractivity contribution is 6.10. The minimum Gasteiger partial charge on any atom is -0.336 e. The summed E-state index contributed by atoms with van der Waals surface area (Å²) in [5.74, 6) is -0.324. The van der Waals surface area contributed by atoms with E-state index >= 15 is 0 Å². The van der Waals surface area contributed by atoms with Gasteiger partial charge in [0.2, 0.25) is 5.91 Å². The second-order valence-electron chi connectivity index (χ2n) is 7.04. The first-order valence-corrected chi connectivity index (χ1v) is 8.50. The monoisotopic (exact) mass is 327 g/mol. The molecule has 2 unspecified atom stereocenters. The van der Waals surface area contributed by atoms with Gasteiger partial charge in [-0.05, 0) is 31.7 Å². The van der Waals surface area contributed by atoms with Crippen LogP contribution in [-0.2, 0) is 16.1 Å². The Bertz CT molecular complexity index is 705. The Hall–Kier alpha value is -2.37. The zero-order valence-electron chi connectivity index (χ0n) is 13.8. The van der Waals surface area contributed by atoms with Crippen LogP contribution >= 0.6 is 0 Å². The Morgan fingerprint density at radius 3 is 2.58 bits per heavy atom. The van der Waals surface area contributed by atoms with Crippen molar-refractivity contribution >= 4 is 17.8 Å². The first-order chi connectivity index (χ1) is 11.5. The van der Waals surface area contributed by atoms with Gasteiger partial charge in [-0.15, -0.1) is 0 Å². The van der Waals surface area contributed by atoms with Crippen molar-refractivity contribution in [2.45, 2.75) is 44.3 Å². The Kier molecular flexibility index (Phi) is 3.37. The third-order valence-electron chi connectivity index (χ3n) is 5.55. The summed E-state index contributed by atoms with van der Waals surface area (Å²) in [6.45, 7) is 3.52. The molecular weight excluding hydrogens is 306 g/mol. The molecule has 6 heteroatoms. The van der Waals surface area contributed by atoms with E-state index in [4.69, 9.17) is 0 Å². The van der Waals surface area contributed by atoms with Gasteiger partial charge in [0, 0.05) is 19.6 Å². The van der Waals surface area contributed by atoms with Gasteiger partial charge in [-0.3, -0.25) is 9.59 Å². The summed E-state index contributed by atoms with van der Waals surface area (Å²) < 4.78 is 0. The molecule has 0 saturated carbocycles. The van der Waals surface area contributed by atoms with Crippen LogP contribution in [0.25, 0.3) is 0 Å². The Labute approximate surface area is 141 Å². The summed E-state index contributed by atoms with van der Waals surface area (Å²) in [4.78, 5) is 42.9. The Balaban J connectivity index is 1.53. The van der Waals surface area contributed by atoms with Gasteiger partial charge in [0.15, 0.2) is 0 Å². The first kappa shape index (κ1) is 15.2. The maximum atomic E-state index is 12.8. The Morgan fingerprint density at radius 1 is 1.12 bits per heavy atom. The fraction of sp³-hybridized carbons (Fsp3) is 0.500. The summed E-state index contributed by atoms with van der Waals surface area (Å²) in [6, 6.07) is 8.84. The molecule has 6 nitrogen and oxygen atoms in total. The third kappa shape index (κ3) is 2.05. The van der Waals surface area contributed by atoms with Gasteiger partial charge in [-0.1, -0.05) is 30.3 Å². The fourth-order valence-electron chi connectivity index (χ4n) is 4.17. The normalized spacial score (nSPS) is 29.8. The van der Waals surface area contributed by atoms with Gasteiger partial charge in [-0.2, -0.15) is 0 Å². The predicted molar refractivity (Wildman–Crippen MR) is 86.9 cm³/mol. The SMILES string of the molecule is CC12CCCN1C(=O)N(C1CCN(Cc3ccccc3)C1=O)C2=O. The number of hydrogen-bond donors (Lipinski definition) is 0. The van der Waals surface area contributed by atoms with Gasteiger partial charge in [-0.25, -0.2) is 9.69 Å². The number of nitrogens with zero attached hydrogens (tertiary/aromatic N) is 3. The topological polar surface area (TPSA) is 60.9 Å². The van der Waals surface area contributed by atoms with Gasteiger partial charge in [0.05, 0.1) is 0 Å².